The number of para-hydroxylation sites is 1. The summed E-state index contributed by atoms with van der Waals surface area (Å²) in [6, 6.07) is 16.5. The first kappa shape index (κ1) is 22.2. The first-order chi connectivity index (χ1) is 15.7. The third-order valence-corrected chi connectivity index (χ3v) is 6.21. The smallest absolute Gasteiger partial charge is 0.161 e. The van der Waals surface area contributed by atoms with Crippen molar-refractivity contribution in [3.05, 3.63) is 59.9 Å². The Morgan fingerprint density at radius 1 is 0.906 bits per heavy atom. The molecule has 170 valence electrons. The molecule has 3 aromatic rings. The second kappa shape index (κ2) is 10.6. The van der Waals surface area contributed by atoms with Gasteiger partial charge >= 0.3 is 0 Å². The van der Waals surface area contributed by atoms with Crippen molar-refractivity contribution in [2.24, 2.45) is 0 Å². The van der Waals surface area contributed by atoms with Crippen molar-refractivity contribution in [3.8, 4) is 22.8 Å². The molecule has 2 aromatic carbocycles. The summed E-state index contributed by atoms with van der Waals surface area (Å²) in [5.74, 6) is 2.33. The zero-order valence-corrected chi connectivity index (χ0v) is 19.3. The Morgan fingerprint density at radius 2 is 1.69 bits per heavy atom. The molecule has 0 N–H and O–H groups in total. The highest BCUT2D eigenvalue weighted by atomic mass is 16.5. The average molecular weight is 436 g/mol. The van der Waals surface area contributed by atoms with Gasteiger partial charge in [-0.15, -0.1) is 0 Å². The Labute approximate surface area is 190 Å². The molecule has 0 aliphatic carbocycles. The van der Waals surface area contributed by atoms with Crippen LogP contribution >= 0.6 is 0 Å². The number of hydrogen-bond donors (Lipinski definition) is 0. The first-order valence-electron chi connectivity index (χ1n) is 11.4. The maximum Gasteiger partial charge on any atom is 0.161 e. The average Bonchev–Trinajstić information content (AvgIpc) is 3.31. The molecule has 2 heterocycles. The molecule has 0 atom stereocenters. The number of piperazine rings is 1. The fourth-order valence-electron chi connectivity index (χ4n) is 4.33. The molecule has 0 spiro atoms. The van der Waals surface area contributed by atoms with Crippen LogP contribution in [0.4, 0.5) is 5.69 Å². The summed E-state index contributed by atoms with van der Waals surface area (Å²) >= 11 is 0. The molecule has 0 radical (unpaired) electrons. The van der Waals surface area contributed by atoms with Gasteiger partial charge in [-0.05, 0) is 56.1 Å². The molecule has 1 aromatic heterocycles. The third kappa shape index (κ3) is 5.25. The molecular formula is C26H33N3O3. The minimum atomic E-state index is 0.692. The first-order valence-corrected chi connectivity index (χ1v) is 11.4. The quantitative estimate of drug-likeness (QED) is 0.450. The Kier molecular flexibility index (Phi) is 7.32. The zero-order chi connectivity index (χ0) is 22.3. The number of benzene rings is 2. The van der Waals surface area contributed by atoms with Gasteiger partial charge < -0.3 is 18.9 Å². The van der Waals surface area contributed by atoms with Crippen LogP contribution in [-0.4, -0.2) is 57.0 Å². The number of ether oxygens (including phenoxy) is 2. The molecule has 0 saturated carbocycles. The van der Waals surface area contributed by atoms with Crippen molar-refractivity contribution in [2.75, 3.05) is 51.8 Å². The number of aromatic nitrogens is 1. The van der Waals surface area contributed by atoms with E-state index in [0.29, 0.717) is 11.5 Å². The van der Waals surface area contributed by atoms with Crippen molar-refractivity contribution < 1.29 is 14.0 Å². The van der Waals surface area contributed by atoms with Crippen LogP contribution in [0.2, 0.25) is 0 Å². The van der Waals surface area contributed by atoms with Gasteiger partial charge in [0.25, 0.3) is 0 Å². The largest absolute Gasteiger partial charge is 0.493 e. The molecule has 6 heteroatoms. The minimum Gasteiger partial charge on any atom is -0.493 e. The van der Waals surface area contributed by atoms with E-state index in [2.05, 4.69) is 46.1 Å². The molecule has 32 heavy (non-hydrogen) atoms. The lowest BCUT2D eigenvalue weighted by Gasteiger charge is -2.36. The Balaban J connectivity index is 1.21. The van der Waals surface area contributed by atoms with Gasteiger partial charge in [0.05, 0.1) is 14.2 Å². The van der Waals surface area contributed by atoms with Crippen LogP contribution in [0.15, 0.2) is 53.1 Å². The van der Waals surface area contributed by atoms with Crippen LogP contribution in [0, 0.1) is 6.92 Å². The number of anilines is 1. The summed E-state index contributed by atoms with van der Waals surface area (Å²) in [6.07, 6.45) is 3.17. The molecule has 4 rings (SSSR count). The maximum atomic E-state index is 5.57. The van der Waals surface area contributed by atoms with Crippen LogP contribution in [0.3, 0.4) is 0 Å². The van der Waals surface area contributed by atoms with Crippen molar-refractivity contribution in [1.82, 2.24) is 10.1 Å². The van der Waals surface area contributed by atoms with E-state index in [1.807, 2.05) is 24.3 Å². The summed E-state index contributed by atoms with van der Waals surface area (Å²) in [6.45, 7) is 7.78. The van der Waals surface area contributed by atoms with Crippen LogP contribution in [0.1, 0.15) is 24.2 Å². The molecule has 1 fully saturated rings. The van der Waals surface area contributed by atoms with Crippen LogP contribution in [0.5, 0.6) is 11.5 Å². The second-order valence-corrected chi connectivity index (χ2v) is 8.32. The summed E-state index contributed by atoms with van der Waals surface area (Å²) in [5.41, 5.74) is 4.53. The van der Waals surface area contributed by atoms with E-state index in [1.165, 1.54) is 11.3 Å². The molecule has 1 saturated heterocycles. The fourth-order valence-corrected chi connectivity index (χ4v) is 4.33. The normalized spacial score (nSPS) is 14.5. The second-order valence-electron chi connectivity index (χ2n) is 8.32. The van der Waals surface area contributed by atoms with E-state index in [9.17, 15) is 0 Å². The van der Waals surface area contributed by atoms with E-state index >= 15 is 0 Å². The van der Waals surface area contributed by atoms with Gasteiger partial charge in [-0.2, -0.15) is 0 Å². The Morgan fingerprint density at radius 3 is 2.44 bits per heavy atom. The summed E-state index contributed by atoms with van der Waals surface area (Å²) in [4.78, 5) is 5.08. The molecular weight excluding hydrogens is 402 g/mol. The van der Waals surface area contributed by atoms with Crippen LogP contribution in [0.25, 0.3) is 11.3 Å². The molecule has 0 unspecified atom stereocenters. The number of aryl methyl sites for hydroxylation is 2. The Bertz CT molecular complexity index is 1010. The van der Waals surface area contributed by atoms with Crippen LogP contribution < -0.4 is 14.4 Å². The van der Waals surface area contributed by atoms with Crippen molar-refractivity contribution in [2.45, 2.75) is 26.2 Å². The Hall–Kier alpha value is -2.99. The topological polar surface area (TPSA) is 51.0 Å². The highest BCUT2D eigenvalue weighted by molar-refractivity contribution is 5.63. The predicted octanol–water partition coefficient (Wildman–Crippen LogP) is 4.81. The lowest BCUT2D eigenvalue weighted by Crippen LogP contribution is -2.46. The van der Waals surface area contributed by atoms with Crippen molar-refractivity contribution >= 4 is 5.69 Å². The monoisotopic (exact) mass is 435 g/mol. The van der Waals surface area contributed by atoms with Gasteiger partial charge in [-0.3, -0.25) is 4.90 Å². The molecule has 1 aliphatic heterocycles. The highest BCUT2D eigenvalue weighted by Gasteiger charge is 2.18. The van der Waals surface area contributed by atoms with E-state index in [4.69, 9.17) is 14.0 Å². The molecule has 0 bridgehead atoms. The standard InChI is InChI=1S/C26H33N3O3/c1-20-8-4-5-10-24(20)29-16-14-28(15-17-29)13-7-6-9-22-19-23(27-32-22)21-11-12-25(30-2)26(18-21)31-3/h4-5,8,10-12,18-19H,6-7,9,13-17H2,1-3H3. The number of nitrogens with zero attached hydrogens (tertiary/aromatic N) is 3. The van der Waals surface area contributed by atoms with Gasteiger partial charge in [0.1, 0.15) is 11.5 Å². The van der Waals surface area contributed by atoms with Gasteiger partial charge in [0.2, 0.25) is 0 Å². The SMILES string of the molecule is COc1ccc(-c2cc(CCCCN3CCN(c4ccccc4C)CC3)on2)cc1OC. The summed E-state index contributed by atoms with van der Waals surface area (Å²) in [7, 11) is 3.27. The number of methoxy groups -OCH3 is 2. The lowest BCUT2D eigenvalue weighted by atomic mass is 10.1. The third-order valence-electron chi connectivity index (χ3n) is 6.21. The predicted molar refractivity (Wildman–Crippen MR) is 128 cm³/mol. The van der Waals surface area contributed by atoms with Gasteiger partial charge in [0.15, 0.2) is 11.5 Å². The van der Waals surface area contributed by atoms with E-state index < -0.39 is 0 Å². The fraction of sp³-hybridized carbons (Fsp3) is 0.423. The number of unbranched alkanes of at least 4 members (excludes halogenated alkanes) is 1. The number of rotatable bonds is 9. The molecule has 0 amide bonds. The van der Waals surface area contributed by atoms with Gasteiger partial charge in [0, 0.05) is 49.9 Å². The highest BCUT2D eigenvalue weighted by Crippen LogP contribution is 2.32. The van der Waals surface area contributed by atoms with Gasteiger partial charge in [-0.1, -0.05) is 23.4 Å². The van der Waals surface area contributed by atoms with E-state index in [0.717, 1.165) is 69.0 Å². The van der Waals surface area contributed by atoms with E-state index in [-0.39, 0.29) is 0 Å². The lowest BCUT2D eigenvalue weighted by molar-refractivity contribution is 0.251. The minimum absolute atomic E-state index is 0.692. The zero-order valence-electron chi connectivity index (χ0n) is 19.3. The molecule has 6 nitrogen and oxygen atoms in total. The maximum absolute atomic E-state index is 5.57. The van der Waals surface area contributed by atoms with E-state index in [1.54, 1.807) is 14.2 Å². The van der Waals surface area contributed by atoms with Crippen LogP contribution in [-0.2, 0) is 6.42 Å². The van der Waals surface area contributed by atoms with Crippen molar-refractivity contribution in [1.29, 1.82) is 0 Å². The summed E-state index contributed by atoms with van der Waals surface area (Å²) < 4.78 is 16.3. The van der Waals surface area contributed by atoms with Gasteiger partial charge in [-0.25, -0.2) is 0 Å². The number of hydrogen-bond acceptors (Lipinski definition) is 6. The molecule has 1 aliphatic rings. The van der Waals surface area contributed by atoms with Crippen molar-refractivity contribution in [3.63, 3.8) is 0 Å². The summed E-state index contributed by atoms with van der Waals surface area (Å²) in [5, 5.41) is 4.24.